The number of aromatic nitrogens is 2. The summed E-state index contributed by atoms with van der Waals surface area (Å²) < 4.78 is 26.1. The molecule has 18 heavy (non-hydrogen) atoms. The van der Waals surface area contributed by atoms with Crippen LogP contribution in [0.15, 0.2) is 6.20 Å². The number of alkyl halides is 2. The Bertz CT molecular complexity index is 432. The summed E-state index contributed by atoms with van der Waals surface area (Å²) in [5.74, 6) is -1.53. The summed E-state index contributed by atoms with van der Waals surface area (Å²) in [5, 5.41) is 0. The molecule has 1 aromatic rings. The Hall–Kier alpha value is -1.10. The van der Waals surface area contributed by atoms with E-state index in [0.717, 1.165) is 11.3 Å². The third-order valence-electron chi connectivity index (χ3n) is 3.30. The fourth-order valence-electron chi connectivity index (χ4n) is 2.31. The highest BCUT2D eigenvalue weighted by molar-refractivity contribution is 5.19. The van der Waals surface area contributed by atoms with Crippen LogP contribution >= 0.6 is 0 Å². The van der Waals surface area contributed by atoms with Gasteiger partial charge in [0.25, 0.3) is 5.92 Å². The van der Waals surface area contributed by atoms with Crippen molar-refractivity contribution >= 4 is 0 Å². The predicted molar refractivity (Wildman–Crippen MR) is 65.7 cm³/mol. The van der Waals surface area contributed by atoms with Crippen LogP contribution < -0.4 is 0 Å². The van der Waals surface area contributed by atoms with Crippen LogP contribution in [-0.4, -0.2) is 33.9 Å². The highest BCUT2D eigenvalue weighted by Gasteiger charge is 2.38. The molecule has 1 fully saturated rings. The van der Waals surface area contributed by atoms with E-state index in [1.165, 1.54) is 0 Å². The number of halogens is 2. The smallest absolute Gasteiger partial charge is 0.261 e. The van der Waals surface area contributed by atoms with Crippen LogP contribution in [0.2, 0.25) is 0 Å². The average Bonchev–Trinajstić information content (AvgIpc) is 2.57. The van der Waals surface area contributed by atoms with E-state index < -0.39 is 5.92 Å². The third kappa shape index (κ3) is 3.02. The molecular weight excluding hydrogens is 236 g/mol. The lowest BCUT2D eigenvalue weighted by atomic mass is 10.0. The van der Waals surface area contributed by atoms with Gasteiger partial charge in [-0.2, -0.15) is 0 Å². The minimum atomic E-state index is -2.55. The fraction of sp³-hybridized carbons (Fsp3) is 0.692. The van der Waals surface area contributed by atoms with Crippen LogP contribution in [0, 0.1) is 6.92 Å². The zero-order valence-corrected chi connectivity index (χ0v) is 11.1. The first-order chi connectivity index (χ1) is 8.37. The molecule has 2 rings (SSSR count). The molecule has 3 nitrogen and oxygen atoms in total. The van der Waals surface area contributed by atoms with Gasteiger partial charge in [0.1, 0.15) is 5.82 Å². The second-order valence-electron chi connectivity index (χ2n) is 5.30. The summed E-state index contributed by atoms with van der Waals surface area (Å²) in [6.45, 7) is 6.77. The summed E-state index contributed by atoms with van der Waals surface area (Å²) in [7, 11) is 0. The highest BCUT2D eigenvalue weighted by Crippen LogP contribution is 2.27. The molecule has 5 heteroatoms. The monoisotopic (exact) mass is 255 g/mol. The van der Waals surface area contributed by atoms with Crippen LogP contribution in [0.5, 0.6) is 0 Å². The van der Waals surface area contributed by atoms with Crippen molar-refractivity contribution < 1.29 is 8.78 Å². The molecule has 0 atom stereocenters. The van der Waals surface area contributed by atoms with E-state index in [-0.39, 0.29) is 13.0 Å². The van der Waals surface area contributed by atoms with Gasteiger partial charge in [-0.05, 0) is 18.4 Å². The van der Waals surface area contributed by atoms with Crippen molar-refractivity contribution in [2.75, 3.05) is 13.1 Å². The molecule has 0 amide bonds. The summed E-state index contributed by atoms with van der Waals surface area (Å²) in [6.07, 6.45) is 1.76. The SMILES string of the molecule is Cc1nc(CN2CCC(F)(F)C2)ncc1C(C)C. The Morgan fingerprint density at radius 2 is 2.17 bits per heavy atom. The zero-order valence-electron chi connectivity index (χ0n) is 11.1. The number of likely N-dealkylation sites (tertiary alicyclic amines) is 1. The lowest BCUT2D eigenvalue weighted by Gasteiger charge is -2.15. The van der Waals surface area contributed by atoms with Gasteiger partial charge in [0.05, 0.1) is 13.1 Å². The molecule has 1 saturated heterocycles. The molecule has 100 valence electrons. The van der Waals surface area contributed by atoms with Gasteiger partial charge >= 0.3 is 0 Å². The minimum absolute atomic E-state index is 0.0595. The second-order valence-corrected chi connectivity index (χ2v) is 5.30. The summed E-state index contributed by atoms with van der Waals surface area (Å²) in [4.78, 5) is 10.4. The number of nitrogens with zero attached hydrogens (tertiary/aromatic N) is 3. The van der Waals surface area contributed by atoms with Crippen LogP contribution in [0.25, 0.3) is 0 Å². The van der Waals surface area contributed by atoms with Crippen molar-refractivity contribution in [1.82, 2.24) is 14.9 Å². The van der Waals surface area contributed by atoms with Crippen LogP contribution in [-0.2, 0) is 6.54 Å². The van der Waals surface area contributed by atoms with E-state index in [4.69, 9.17) is 0 Å². The molecule has 0 spiro atoms. The maximum absolute atomic E-state index is 13.1. The first-order valence-electron chi connectivity index (χ1n) is 6.30. The van der Waals surface area contributed by atoms with Gasteiger partial charge in [-0.15, -0.1) is 0 Å². The molecule has 2 heterocycles. The number of aryl methyl sites for hydroxylation is 1. The summed E-state index contributed by atoms with van der Waals surface area (Å²) >= 11 is 0. The number of hydrogen-bond donors (Lipinski definition) is 0. The van der Waals surface area contributed by atoms with Crippen molar-refractivity contribution in [3.8, 4) is 0 Å². The standard InChI is InChI=1S/C13H19F2N3/c1-9(2)11-6-16-12(17-10(11)3)7-18-5-4-13(14,15)8-18/h6,9H,4-5,7-8H2,1-3H3. The molecule has 0 N–H and O–H groups in total. The Morgan fingerprint density at radius 3 is 2.67 bits per heavy atom. The van der Waals surface area contributed by atoms with Crippen molar-refractivity contribution in [2.24, 2.45) is 0 Å². The maximum atomic E-state index is 13.1. The van der Waals surface area contributed by atoms with Crippen LogP contribution in [0.3, 0.4) is 0 Å². The molecular formula is C13H19F2N3. The summed E-state index contributed by atoms with van der Waals surface area (Å²) in [5.41, 5.74) is 2.06. The zero-order chi connectivity index (χ0) is 13.3. The van der Waals surface area contributed by atoms with E-state index in [0.29, 0.717) is 24.8 Å². The van der Waals surface area contributed by atoms with Gasteiger partial charge in [0.15, 0.2) is 0 Å². The Morgan fingerprint density at radius 1 is 1.44 bits per heavy atom. The van der Waals surface area contributed by atoms with Gasteiger partial charge in [-0.3, -0.25) is 4.90 Å². The van der Waals surface area contributed by atoms with E-state index in [9.17, 15) is 8.78 Å². The molecule has 1 aromatic heterocycles. The quantitative estimate of drug-likeness (QED) is 0.831. The van der Waals surface area contributed by atoms with E-state index in [1.807, 2.05) is 13.1 Å². The molecule has 0 radical (unpaired) electrons. The number of rotatable bonds is 3. The molecule has 0 bridgehead atoms. The van der Waals surface area contributed by atoms with Crippen molar-refractivity contribution in [3.05, 3.63) is 23.3 Å². The largest absolute Gasteiger partial charge is 0.290 e. The maximum Gasteiger partial charge on any atom is 0.261 e. The van der Waals surface area contributed by atoms with E-state index in [1.54, 1.807) is 4.90 Å². The lowest BCUT2D eigenvalue weighted by molar-refractivity contribution is 0.0113. The van der Waals surface area contributed by atoms with Gasteiger partial charge < -0.3 is 0 Å². The molecule has 1 aliphatic heterocycles. The molecule has 1 aliphatic rings. The van der Waals surface area contributed by atoms with E-state index in [2.05, 4.69) is 23.8 Å². The van der Waals surface area contributed by atoms with Crippen molar-refractivity contribution in [3.63, 3.8) is 0 Å². The van der Waals surface area contributed by atoms with Crippen LogP contribution in [0.4, 0.5) is 8.78 Å². The van der Waals surface area contributed by atoms with Crippen LogP contribution in [0.1, 0.15) is 43.3 Å². The molecule has 0 aromatic carbocycles. The van der Waals surface area contributed by atoms with E-state index >= 15 is 0 Å². The molecule has 0 unspecified atom stereocenters. The minimum Gasteiger partial charge on any atom is -0.290 e. The second kappa shape index (κ2) is 4.88. The van der Waals surface area contributed by atoms with Crippen molar-refractivity contribution in [1.29, 1.82) is 0 Å². The van der Waals surface area contributed by atoms with Gasteiger partial charge in [-0.1, -0.05) is 13.8 Å². The van der Waals surface area contributed by atoms with Crippen molar-refractivity contribution in [2.45, 2.75) is 45.6 Å². The fourth-order valence-corrected chi connectivity index (χ4v) is 2.31. The van der Waals surface area contributed by atoms with Gasteiger partial charge in [0.2, 0.25) is 0 Å². The molecule has 0 saturated carbocycles. The Balaban J connectivity index is 2.05. The first-order valence-corrected chi connectivity index (χ1v) is 6.30. The van der Waals surface area contributed by atoms with Gasteiger partial charge in [0, 0.05) is 24.9 Å². The molecule has 0 aliphatic carbocycles. The predicted octanol–water partition coefficient (Wildman–Crippen LogP) is 2.75. The lowest BCUT2D eigenvalue weighted by Crippen LogP contribution is -2.25. The highest BCUT2D eigenvalue weighted by atomic mass is 19.3. The normalized spacial score (nSPS) is 19.7. The topological polar surface area (TPSA) is 29.0 Å². The third-order valence-corrected chi connectivity index (χ3v) is 3.30. The number of hydrogen-bond acceptors (Lipinski definition) is 3. The average molecular weight is 255 g/mol. The Kier molecular flexibility index (Phi) is 3.61. The summed E-state index contributed by atoms with van der Waals surface area (Å²) in [6, 6.07) is 0. The first kappa shape index (κ1) is 13.3. The van der Waals surface area contributed by atoms with Gasteiger partial charge in [-0.25, -0.2) is 18.7 Å². The Labute approximate surface area is 106 Å².